The second-order valence-electron chi connectivity index (χ2n) is 41.4. The number of azide groups is 1. The molecule has 3 aromatic rings. The molecule has 7 heterocycles. The molecule has 0 spiro atoms. The zero-order chi connectivity index (χ0) is 101. The van der Waals surface area contributed by atoms with Crippen molar-refractivity contribution >= 4 is 11.9 Å². The van der Waals surface area contributed by atoms with Gasteiger partial charge >= 0.3 is 11.9 Å². The number of aryl methyl sites for hydroxylation is 3. The van der Waals surface area contributed by atoms with E-state index in [0.29, 0.717) is 52.0 Å². The third-order valence-electron chi connectivity index (χ3n) is 29.6. The number of aliphatic hydroxyl groups excluding tert-OH is 6. The molecule has 826 valence electrons. The quantitative estimate of drug-likeness (QED) is 0.00616. The van der Waals surface area contributed by atoms with Gasteiger partial charge in [-0.05, 0) is 200 Å². The number of benzene rings is 2. The summed E-state index contributed by atoms with van der Waals surface area (Å²) in [6.07, 6.45) is -3.18. The van der Waals surface area contributed by atoms with Gasteiger partial charge in [-0.2, -0.15) is 71.8 Å². The number of terminal acetylenes is 1. The minimum Gasteiger partial charge on any atom is -0.459 e. The predicted molar refractivity (Wildman–Crippen MR) is 509 cm³/mol. The number of unbranched alkanes of at least 4 members (excludes halogenated alkanes) is 2. The van der Waals surface area contributed by atoms with Gasteiger partial charge in [-0.15, -0.1) is 11.5 Å². The molecule has 38 heteroatoms. The van der Waals surface area contributed by atoms with E-state index < -0.39 is 198 Å². The van der Waals surface area contributed by atoms with Crippen molar-refractivity contribution in [3.05, 3.63) is 94.1 Å². The number of hydrogen-bond donors (Lipinski definition) is 10. The fourth-order valence-corrected chi connectivity index (χ4v) is 20.9. The molecule has 0 bridgehead atoms. The summed E-state index contributed by atoms with van der Waals surface area (Å²) in [5.41, 5.74) is 2.58. The van der Waals surface area contributed by atoms with E-state index in [4.69, 9.17) is 68.8 Å². The summed E-state index contributed by atoms with van der Waals surface area (Å²) in [6, 6.07) is 20.2. The molecule has 0 unspecified atom stereocenters. The number of nitrogens with zero attached hydrogens (tertiary/aromatic N) is 10. The van der Waals surface area contributed by atoms with Crippen molar-refractivity contribution in [2.75, 3.05) is 75.1 Å². The molecule has 0 saturated carbocycles. The molecule has 34 nitrogen and oxygen atoms in total. The average molecular weight is 2940 g/mol. The van der Waals surface area contributed by atoms with Gasteiger partial charge in [0.25, 0.3) is 0 Å². The molecular formula is C101H170N10No4O24-2. The van der Waals surface area contributed by atoms with Gasteiger partial charge in [-0.25, -0.2) is 0 Å². The summed E-state index contributed by atoms with van der Waals surface area (Å²) in [4.78, 5) is 39.2. The fourth-order valence-electron chi connectivity index (χ4n) is 20.9. The Morgan fingerprint density at radius 3 is 1.32 bits per heavy atom. The number of rotatable bonds is 28. The van der Waals surface area contributed by atoms with Crippen molar-refractivity contribution in [2.45, 2.75) is 422 Å². The van der Waals surface area contributed by atoms with Crippen molar-refractivity contribution in [1.29, 1.82) is 0 Å². The van der Waals surface area contributed by atoms with E-state index in [2.05, 4.69) is 67.6 Å². The van der Waals surface area contributed by atoms with Gasteiger partial charge < -0.3 is 123 Å². The first-order chi connectivity index (χ1) is 63.3. The SMILES string of the molecule is C#CCN(C)[C@H]1C[C@@H](C)O[C@@H](O[C@@H]2[C@@H](C)[C@H](O[C@H]3C[C@@](C)(OC)[C@@H](O)[C@H](C)O3)[C@@H](C)C(=O)O[C@H](CC)[C@@](C)(O)[C@H](O)[C@@H](C)N(C)C[C@H](C)C[C@@]2(C)O)[C@@H]1O.CC[C@H]1OC(=O)[C@H](C)[C@@H](O[C@H]2C[C@@](C)(OC)[C@@H](O)[C@H](C)O2)[C@H](C)[C@@H](O[C@@H]2O[C@H](C)C[C@H](N(C)CCc3cn(CCCCc4cc[c-]cc4)nn3)[C@H]2O)[C@](C)(O)C[C@@H](C)CN(C)[C@H](C)[C@@H](O)[C@]1(C)O.[N-]=[N+]=NCCCCc1cc[c-]cc1.[No].[No].[No].[No]. The number of methoxy groups -OCH3 is 2. The van der Waals surface area contributed by atoms with Crippen molar-refractivity contribution in [1.82, 2.24) is 34.6 Å². The van der Waals surface area contributed by atoms with Gasteiger partial charge in [-0.3, -0.25) is 19.2 Å². The Balaban J connectivity index is 0.000000626. The number of aromatic nitrogens is 3. The maximum absolute atomic E-state index is 14.5. The van der Waals surface area contributed by atoms with Gasteiger partial charge in [0.1, 0.15) is 60.0 Å². The number of carbonyl (C=O) groups excluding carboxylic acids is 2. The number of hydrogen-bond acceptors (Lipinski definition) is 31. The Morgan fingerprint density at radius 1 is 0.561 bits per heavy atom. The molecule has 36 atom stereocenters. The normalized spacial score (nSPS) is 39.4. The molecular weight excluding hydrogens is 2770 g/mol. The van der Waals surface area contributed by atoms with Gasteiger partial charge in [-0.1, -0.05) is 77.1 Å². The van der Waals surface area contributed by atoms with Crippen LogP contribution in [0.25, 0.3) is 10.4 Å². The van der Waals surface area contributed by atoms with Gasteiger partial charge in [0.15, 0.2) is 25.2 Å². The Hall–Kier alpha value is -9.57. The Labute approximate surface area is 804 Å². The fraction of sp³-hybridized carbons (Fsp3) is 0.822. The summed E-state index contributed by atoms with van der Waals surface area (Å²) >= 11 is 0. The summed E-state index contributed by atoms with van der Waals surface area (Å²) < 4.78 is 77.8. The maximum Gasteiger partial charge on any atom is 0.311 e. The minimum absolute atomic E-state index is 0. The average Bonchev–Trinajstić information content (AvgIpc) is 1.76. The molecule has 9 rings (SSSR count). The van der Waals surface area contributed by atoms with Gasteiger partial charge in [0, 0.05) is 113 Å². The zero-order valence-electron chi connectivity index (χ0n) is 86.7. The largest absolute Gasteiger partial charge is 0.459 e. The molecule has 6 fully saturated rings. The number of aliphatic hydroxyl groups is 10. The molecule has 0 radical (unpaired) electrons. The molecule has 1 aromatic heterocycles. The third-order valence-corrected chi connectivity index (χ3v) is 29.6. The van der Waals surface area contributed by atoms with E-state index in [0.717, 1.165) is 50.8 Å². The third kappa shape index (κ3) is 32.5. The number of esters is 2. The number of likely N-dealkylation sites (N-methyl/N-ethyl adjacent to an activating group) is 4. The molecule has 0 aliphatic carbocycles. The molecule has 139 heavy (non-hydrogen) atoms. The second-order valence-corrected chi connectivity index (χ2v) is 41.4. The molecule has 6 saturated heterocycles. The van der Waals surface area contributed by atoms with E-state index in [-0.39, 0.29) is 68.6 Å². The zero-order valence-corrected chi connectivity index (χ0v) is 95.6. The molecule has 6 aliphatic rings. The van der Waals surface area contributed by atoms with Crippen LogP contribution in [0.15, 0.2) is 59.8 Å². The van der Waals surface area contributed by atoms with Crippen LogP contribution in [-0.4, -0.2) is 353 Å². The van der Waals surface area contributed by atoms with E-state index in [1.54, 1.807) is 90.0 Å². The van der Waals surface area contributed by atoms with Crippen molar-refractivity contribution in [3.63, 3.8) is 0 Å². The number of carbonyl (C=O) groups is 2. The van der Waals surface area contributed by atoms with Crippen LogP contribution in [0.2, 0.25) is 0 Å². The van der Waals surface area contributed by atoms with Crippen LogP contribution in [0.3, 0.4) is 0 Å². The van der Waals surface area contributed by atoms with E-state index >= 15 is 0 Å². The number of cyclic esters (lactones) is 2. The Kier molecular flexibility index (Phi) is 48.6. The monoisotopic (exact) mass is 2940 g/mol. The predicted octanol–water partition coefficient (Wildman–Crippen LogP) is 8.95. The first-order valence-corrected chi connectivity index (χ1v) is 49.1. The topological polar surface area (TPSA) is 440 Å². The molecule has 2 aromatic carbocycles. The standard InChI is InChI=1S/C51H86N5O12.C40H72N2O12.C10H12N3.4No/c1-14-40-51(10,62)44(58)35(6)55(12)29-31(2)27-49(8,61)46(33(4)43(34(5)47(60)66-40)67-41-28-50(9,63-13)45(59)36(7)65-41)68-48-42(57)39(26-32(3)64-48)54(11)25-23-38-30-56(53-52-38)24-19-18-22-37-20-16-15-17-21-37;1-15-17-41(12)28-18-23(4)50-37(31(28)43)54-35-24(5)32(53-30-20-39(10,49-14)34(45)27(8)51-30)25(6)36(46)52-29(16-2)40(11,48)33(44)26(7)42(13)21-22(3)19-38(35,9)47;11-13-12-9-5-4-8-10-6-2-1-3-7-10;;;;/h16-17,20-21,30-36,39-46,48,57-59,61-62H,14,18-19,22-29H2,1-13H3;1,22-35,37,43-45,47-48H,16-21H2,2-14H3;2-3,6-7H,4-5,8-9H2;;;;/q-1;;-1;;;;/t31-,32-,33+,34-,35-,36+,39+,40-,41+,42-,43+,44-,45+,46-,48+,49-,50-,51-;22-,23-,24+,25-,26-,27+,28+,29-,30+,31-,32+,33-,34+,35-,37+,38-,39-,40-;;;;;/m11...../s1. The van der Waals surface area contributed by atoms with Crippen LogP contribution >= 0.6 is 0 Å². The van der Waals surface area contributed by atoms with Crippen molar-refractivity contribution in [2.24, 2.45) is 40.6 Å². The minimum atomic E-state index is -1.83. The van der Waals surface area contributed by atoms with Crippen LogP contribution in [0.1, 0.15) is 232 Å². The van der Waals surface area contributed by atoms with Crippen LogP contribution in [0.4, 0.5) is 0 Å². The van der Waals surface area contributed by atoms with Gasteiger partial charge in [0.05, 0.1) is 95.3 Å². The first kappa shape index (κ1) is 124. The summed E-state index contributed by atoms with van der Waals surface area (Å²) in [7, 11) is 10.5. The summed E-state index contributed by atoms with van der Waals surface area (Å²) in [5, 5.41) is 130. The van der Waals surface area contributed by atoms with Crippen molar-refractivity contribution in [3.8, 4) is 12.3 Å². The first-order valence-electron chi connectivity index (χ1n) is 49.1. The second kappa shape index (κ2) is 54.6. The Morgan fingerprint density at radius 2 is 0.950 bits per heavy atom. The van der Waals surface area contributed by atoms with Crippen LogP contribution < -0.4 is 0 Å². The molecule has 0 amide bonds. The van der Waals surface area contributed by atoms with E-state index in [1.165, 1.54) is 39.2 Å². The van der Waals surface area contributed by atoms with Gasteiger partial charge in [0.2, 0.25) is 0 Å². The Bertz CT molecular complexity index is 4100. The van der Waals surface area contributed by atoms with Crippen LogP contribution in [0.5, 0.6) is 0 Å². The summed E-state index contributed by atoms with van der Waals surface area (Å²) in [6.45, 7) is 38.3. The summed E-state index contributed by atoms with van der Waals surface area (Å²) in [5.74, 6) is -2.77. The number of ether oxygens (including phenoxy) is 12. The van der Waals surface area contributed by atoms with Crippen LogP contribution in [-0.2, 0) is 92.2 Å². The van der Waals surface area contributed by atoms with E-state index in [9.17, 15) is 60.7 Å². The smallest absolute Gasteiger partial charge is 0.311 e. The van der Waals surface area contributed by atoms with Crippen molar-refractivity contribution < 1.29 is 117 Å². The molecule has 6 aliphatic heterocycles. The van der Waals surface area contributed by atoms with Crippen LogP contribution in [0, 0.1) is 60.0 Å². The molecule has 10 N–H and O–H groups in total. The van der Waals surface area contributed by atoms with E-state index in [1.807, 2.05) is 113 Å². The maximum atomic E-state index is 14.5.